The molecule has 0 saturated carbocycles. The van der Waals surface area contributed by atoms with Crippen LogP contribution in [0.25, 0.3) is 197 Å². The van der Waals surface area contributed by atoms with E-state index >= 15 is 0 Å². The van der Waals surface area contributed by atoms with Crippen LogP contribution in [0.1, 0.15) is 33.4 Å². The van der Waals surface area contributed by atoms with Crippen molar-refractivity contribution in [2.24, 2.45) is 0 Å². The maximum Gasteiger partial charge on any atom is 0.143 e. The van der Waals surface area contributed by atoms with Crippen LogP contribution in [0.5, 0.6) is 0 Å². The lowest BCUT2D eigenvalue weighted by molar-refractivity contribution is 0.669. The number of benzene rings is 24. The molecule has 0 atom stereocenters. The van der Waals surface area contributed by atoms with Gasteiger partial charge in [0.15, 0.2) is 0 Å². The molecule has 0 radical (unpaired) electrons. The van der Waals surface area contributed by atoms with Crippen LogP contribution in [-0.4, -0.2) is 0 Å². The Labute approximate surface area is 820 Å². The Bertz CT molecular complexity index is 9300. The molecule has 0 aliphatic heterocycles. The quantitative estimate of drug-likeness (QED) is 0.0887. The summed E-state index contributed by atoms with van der Waals surface area (Å²) in [6.07, 6.45) is 0. The van der Waals surface area contributed by atoms with Gasteiger partial charge in [-0.15, -0.1) is 0 Å². The van der Waals surface area contributed by atoms with Gasteiger partial charge in [0.25, 0.3) is 0 Å². The lowest BCUT2D eigenvalue weighted by atomic mass is 9.91. The molecule has 0 aliphatic rings. The van der Waals surface area contributed by atoms with Gasteiger partial charge >= 0.3 is 0 Å². The van der Waals surface area contributed by atoms with E-state index in [2.05, 4.69) is 462 Å². The van der Waals surface area contributed by atoms with Crippen LogP contribution >= 0.6 is 0 Å². The molecule has 24 aromatic carbocycles. The minimum atomic E-state index is 0.902. The van der Waals surface area contributed by atoms with Gasteiger partial charge < -0.3 is 37.3 Å². The van der Waals surface area contributed by atoms with E-state index in [1.807, 2.05) is 48.5 Å². The van der Waals surface area contributed by atoms with E-state index in [4.69, 9.17) is 17.7 Å². The van der Waals surface area contributed by atoms with Gasteiger partial charge in [-0.2, -0.15) is 0 Å². The molecule has 4 heterocycles. The van der Waals surface area contributed by atoms with E-state index < -0.39 is 0 Å². The second kappa shape index (κ2) is 33.3. The molecule has 0 spiro atoms. The summed E-state index contributed by atoms with van der Waals surface area (Å²) in [4.78, 5) is 9.71. The number of nitrogens with zero attached hydrogens (tertiary/aromatic N) is 4. The van der Waals surface area contributed by atoms with Crippen molar-refractivity contribution in [1.29, 1.82) is 0 Å². The van der Waals surface area contributed by atoms with Crippen LogP contribution < -0.4 is 19.6 Å². The fraction of sp³-hybridized carbons (Fsp3) is 0.0448. The summed E-state index contributed by atoms with van der Waals surface area (Å²) in [7, 11) is 0. The first kappa shape index (κ1) is 83.2. The maximum atomic E-state index is 6.49. The number of para-hydroxylation sites is 8. The molecular formula is C134H92N4O4. The first-order valence-corrected chi connectivity index (χ1v) is 48.8. The van der Waals surface area contributed by atoms with Crippen LogP contribution in [0.15, 0.2) is 467 Å². The normalized spacial score (nSPS) is 11.9. The van der Waals surface area contributed by atoms with Crippen LogP contribution in [-0.2, 0) is 0 Å². The largest absolute Gasteiger partial charge is 0.455 e. The average Bonchev–Trinajstić information content (AvgIpc) is 0.982. The molecule has 0 bridgehead atoms. The highest BCUT2D eigenvalue weighted by molar-refractivity contribution is 6.30. The lowest BCUT2D eigenvalue weighted by Crippen LogP contribution is -2.12. The van der Waals surface area contributed by atoms with Crippen molar-refractivity contribution in [3.05, 3.63) is 482 Å². The van der Waals surface area contributed by atoms with E-state index in [9.17, 15) is 0 Å². The summed E-state index contributed by atoms with van der Waals surface area (Å²) in [6.45, 7) is 13.1. The van der Waals surface area contributed by atoms with Gasteiger partial charge in [-0.05, 0) is 286 Å². The Morgan fingerprint density at radius 1 is 0.148 bits per heavy atom. The summed E-state index contributed by atoms with van der Waals surface area (Å²) in [6, 6.07) is 163. The van der Waals surface area contributed by atoms with Crippen molar-refractivity contribution in [2.45, 2.75) is 41.5 Å². The van der Waals surface area contributed by atoms with Crippen molar-refractivity contribution >= 4 is 221 Å². The summed E-state index contributed by atoms with van der Waals surface area (Å²) >= 11 is 0. The topological polar surface area (TPSA) is 65.5 Å². The van der Waals surface area contributed by atoms with E-state index in [1.165, 1.54) is 98.0 Å². The molecule has 8 nitrogen and oxygen atoms in total. The van der Waals surface area contributed by atoms with Crippen LogP contribution in [0.3, 0.4) is 0 Å². The minimum Gasteiger partial charge on any atom is -0.455 e. The van der Waals surface area contributed by atoms with Gasteiger partial charge in [0.05, 0.1) is 22.7 Å². The zero-order valence-electron chi connectivity index (χ0n) is 79.1. The highest BCUT2D eigenvalue weighted by atomic mass is 16.3. The fourth-order valence-electron chi connectivity index (χ4n) is 22.8. The Morgan fingerprint density at radius 2 is 0.366 bits per heavy atom. The number of fused-ring (bicyclic) bond motifs is 12. The van der Waals surface area contributed by atoms with Gasteiger partial charge in [0.1, 0.15) is 44.7 Å². The van der Waals surface area contributed by atoms with Crippen molar-refractivity contribution in [2.75, 3.05) is 19.6 Å². The molecule has 0 fully saturated rings. The second-order valence-corrected chi connectivity index (χ2v) is 38.2. The van der Waals surface area contributed by atoms with E-state index in [0.29, 0.717) is 0 Å². The Balaban J connectivity index is 0.000000142. The SMILES string of the molecule is Cc1cc(C)cc(N(c2ccc(-c3cccc4c3oc3ccccc34)cc2)c2ccc3ccc4c(N(c5ccc(-c6cccc7c6oc6ccccc67)cc5)c5cc(C)cc(C)c5)ccc5ccc2c3c54)c1.Cc1cccc(N(c2ccc(-c3cccc4c3oc3ccccc34)cc2)c2ccc3ccc4c(N(c5ccc(-c6cccc7c6oc6ccccc67)cc5)c5cccc(C)c5)ccc5ccc2c3c54)c1. The highest BCUT2D eigenvalue weighted by Crippen LogP contribution is 2.54. The number of hydrogen-bond acceptors (Lipinski definition) is 8. The zero-order valence-corrected chi connectivity index (χ0v) is 79.1. The predicted octanol–water partition coefficient (Wildman–Crippen LogP) is 39.2. The molecule has 0 unspecified atom stereocenters. The molecular weight excluding hydrogens is 1730 g/mol. The van der Waals surface area contributed by atoms with Crippen molar-refractivity contribution < 1.29 is 17.7 Å². The van der Waals surface area contributed by atoms with Gasteiger partial charge in [-0.3, -0.25) is 0 Å². The Hall–Kier alpha value is -18.2. The first-order valence-electron chi connectivity index (χ1n) is 48.8. The van der Waals surface area contributed by atoms with Crippen molar-refractivity contribution in [3.63, 3.8) is 0 Å². The lowest BCUT2D eigenvalue weighted by Gasteiger charge is -2.30. The number of rotatable bonds is 16. The average molecular weight is 1820 g/mol. The fourth-order valence-corrected chi connectivity index (χ4v) is 22.8. The first-order chi connectivity index (χ1) is 69.8. The van der Waals surface area contributed by atoms with E-state index in [0.717, 1.165) is 201 Å². The number of anilines is 12. The summed E-state index contributed by atoms with van der Waals surface area (Å²) in [5.41, 5.74) is 36.6. The van der Waals surface area contributed by atoms with Crippen LogP contribution in [0, 0.1) is 41.5 Å². The molecule has 0 saturated heterocycles. The monoisotopic (exact) mass is 1820 g/mol. The third-order valence-corrected chi connectivity index (χ3v) is 29.0. The molecule has 28 aromatic rings. The van der Waals surface area contributed by atoms with Crippen molar-refractivity contribution in [3.8, 4) is 44.5 Å². The van der Waals surface area contributed by atoms with E-state index in [1.54, 1.807) is 0 Å². The summed E-state index contributed by atoms with van der Waals surface area (Å²) in [5.74, 6) is 0. The third-order valence-electron chi connectivity index (χ3n) is 29.0. The number of aryl methyl sites for hydroxylation is 6. The molecule has 0 aliphatic carbocycles. The maximum absolute atomic E-state index is 6.49. The molecule has 0 amide bonds. The summed E-state index contributed by atoms with van der Waals surface area (Å²) in [5, 5.41) is 23.7. The minimum absolute atomic E-state index is 0.902. The third kappa shape index (κ3) is 13.9. The van der Waals surface area contributed by atoms with Crippen molar-refractivity contribution in [1.82, 2.24) is 0 Å². The predicted molar refractivity (Wildman–Crippen MR) is 598 cm³/mol. The Morgan fingerprint density at radius 3 is 0.620 bits per heavy atom. The standard InChI is InChI=1S/C68H48N2O2.C66H44N2O2/c1-41-35-42(2)38-51(37-41)69(49-27-19-45(20-28-49)53-13-9-15-57-55-11-5-7-17-63(55)71-67(53)57)61-33-25-47-24-32-60-62(34-26-48-23-31-59(61)65(47)66(48)60)70(52-39-43(3)36-44(4)40-52)50-29-21-46(22-30-50)54-14-10-16-58-56-12-6-8-18-64(56)72-68(54)58;1-41-11-7-13-49(39-41)67(47-31-23-43(24-32-47)51-17-9-19-55-53-15-3-5-21-61(53)69-65(51)55)59-37-29-45-28-36-58-60(38-30-46-27-35-57(59)63(45)64(46)58)68(50-14-8-12-42(2)40-50)48-33-25-44(26-34-48)52-18-10-20-56-54-16-4-6-22-62(54)70-66(52)56/h5-40H,1-4H3;3-40H,1-2H3. The molecule has 142 heavy (non-hydrogen) atoms. The zero-order chi connectivity index (χ0) is 94.6. The number of furan rings is 4. The van der Waals surface area contributed by atoms with Gasteiger partial charge in [0, 0.05) is 132 Å². The summed E-state index contributed by atoms with van der Waals surface area (Å²) < 4.78 is 25.9. The van der Waals surface area contributed by atoms with Crippen LogP contribution in [0.2, 0.25) is 0 Å². The van der Waals surface area contributed by atoms with E-state index in [-0.39, 0.29) is 0 Å². The Kier molecular flexibility index (Phi) is 19.5. The highest BCUT2D eigenvalue weighted by Gasteiger charge is 2.29. The van der Waals surface area contributed by atoms with Gasteiger partial charge in [0.2, 0.25) is 0 Å². The molecule has 0 N–H and O–H groups in total. The van der Waals surface area contributed by atoms with Gasteiger partial charge in [-0.1, -0.05) is 303 Å². The molecule has 4 aromatic heterocycles. The smallest absolute Gasteiger partial charge is 0.143 e. The second-order valence-electron chi connectivity index (χ2n) is 38.2. The number of hydrogen-bond donors (Lipinski definition) is 0. The van der Waals surface area contributed by atoms with Gasteiger partial charge in [-0.25, -0.2) is 0 Å². The molecule has 28 rings (SSSR count). The molecule has 8 heteroatoms. The van der Waals surface area contributed by atoms with Crippen LogP contribution in [0.4, 0.5) is 68.2 Å². The molecule has 672 valence electrons.